The summed E-state index contributed by atoms with van der Waals surface area (Å²) >= 11 is 9.62. The van der Waals surface area contributed by atoms with Crippen LogP contribution < -0.4 is 16.4 Å². The minimum atomic E-state index is 0.399. The van der Waals surface area contributed by atoms with Crippen LogP contribution in [0.5, 0.6) is 0 Å². The summed E-state index contributed by atoms with van der Waals surface area (Å²) in [4.78, 5) is 18.7. The third kappa shape index (κ3) is 6.30. The van der Waals surface area contributed by atoms with Crippen molar-refractivity contribution >= 4 is 62.8 Å². The molecule has 8 nitrogen and oxygen atoms in total. The molecule has 2 aromatic heterocycles. The van der Waals surface area contributed by atoms with Crippen LogP contribution in [-0.2, 0) is 0 Å². The summed E-state index contributed by atoms with van der Waals surface area (Å²) in [6.45, 7) is 0. The molecule has 0 unspecified atom stereocenters. The van der Waals surface area contributed by atoms with Gasteiger partial charge in [-0.15, -0.1) is 0 Å². The molecule has 0 atom stereocenters. The van der Waals surface area contributed by atoms with Crippen molar-refractivity contribution in [3.05, 3.63) is 81.5 Å². The van der Waals surface area contributed by atoms with E-state index >= 15 is 0 Å². The molecule has 5 rings (SSSR count). The molecule has 0 aliphatic heterocycles. The molecular weight excluding hydrogens is 506 g/mol. The molecule has 0 spiro atoms. The molecule has 0 amide bonds. The Bertz CT molecular complexity index is 1240. The number of hydrogen-bond acceptors (Lipinski definition) is 7. The number of benzene rings is 2. The van der Waals surface area contributed by atoms with Gasteiger partial charge in [0.05, 0.1) is 15.2 Å². The maximum atomic E-state index is 10.0. The van der Waals surface area contributed by atoms with Crippen molar-refractivity contribution in [1.82, 2.24) is 20.2 Å². The molecule has 0 bridgehead atoms. The predicted molar refractivity (Wildman–Crippen MR) is 135 cm³/mol. The van der Waals surface area contributed by atoms with Crippen LogP contribution in [0.3, 0.4) is 0 Å². The van der Waals surface area contributed by atoms with E-state index in [1.165, 1.54) is 12.8 Å². The summed E-state index contributed by atoms with van der Waals surface area (Å²) in [6, 6.07) is 16.3. The van der Waals surface area contributed by atoms with Crippen LogP contribution in [0.1, 0.15) is 34.8 Å². The second-order valence-corrected chi connectivity index (χ2v) is 8.65. The third-order valence-electron chi connectivity index (χ3n) is 4.78. The van der Waals surface area contributed by atoms with Crippen LogP contribution in [-0.4, -0.2) is 26.5 Å². The summed E-state index contributed by atoms with van der Waals surface area (Å²) < 4.78 is 0.729. The average Bonchev–Trinajstić information content (AvgIpc) is 3.58. The monoisotopic (exact) mass is 525 g/mol. The fraction of sp³-hybridized carbons (Fsp3) is 0.130. The van der Waals surface area contributed by atoms with Crippen LogP contribution in [0.2, 0.25) is 5.02 Å². The number of nitrogens with two attached hydrogens (primary N) is 1. The molecule has 1 fully saturated rings. The number of aldehydes is 1. The SMILES string of the molecule is Nc1ccc(Cl)c(Nc2ncc(Br)c(Nc3cc(C4CC4)[nH]n3)n2)c1.O=Cc1ccccc1. The second-order valence-electron chi connectivity index (χ2n) is 7.39. The Hall–Kier alpha value is -3.43. The first-order valence-electron chi connectivity index (χ1n) is 10.2. The lowest BCUT2D eigenvalue weighted by Gasteiger charge is -2.10. The molecule has 0 saturated heterocycles. The zero-order chi connectivity index (χ0) is 23.2. The van der Waals surface area contributed by atoms with Crippen molar-refractivity contribution in [1.29, 1.82) is 0 Å². The molecule has 0 radical (unpaired) electrons. The number of halogens is 2. The Kier molecular flexibility index (Phi) is 7.21. The second kappa shape index (κ2) is 10.5. The van der Waals surface area contributed by atoms with Gasteiger partial charge in [0.1, 0.15) is 6.29 Å². The van der Waals surface area contributed by atoms with Crippen molar-refractivity contribution in [2.75, 3.05) is 16.4 Å². The Morgan fingerprint density at radius 3 is 2.61 bits per heavy atom. The van der Waals surface area contributed by atoms with Gasteiger partial charge in [0.15, 0.2) is 11.6 Å². The largest absolute Gasteiger partial charge is 0.399 e. The summed E-state index contributed by atoms with van der Waals surface area (Å²) in [5.41, 5.74) is 8.93. The van der Waals surface area contributed by atoms with E-state index < -0.39 is 0 Å². The van der Waals surface area contributed by atoms with Crippen LogP contribution >= 0.6 is 27.5 Å². The van der Waals surface area contributed by atoms with E-state index in [4.69, 9.17) is 17.3 Å². The van der Waals surface area contributed by atoms with E-state index in [0.717, 1.165) is 22.0 Å². The molecule has 4 aromatic rings. The maximum Gasteiger partial charge on any atom is 0.229 e. The molecule has 5 N–H and O–H groups in total. The van der Waals surface area contributed by atoms with Gasteiger partial charge in [-0.2, -0.15) is 10.1 Å². The number of aromatic nitrogens is 4. The summed E-state index contributed by atoms with van der Waals surface area (Å²) in [6.07, 6.45) is 4.92. The highest BCUT2D eigenvalue weighted by Gasteiger charge is 2.25. The van der Waals surface area contributed by atoms with Gasteiger partial charge in [0, 0.05) is 35.1 Å². The van der Waals surface area contributed by atoms with Crippen molar-refractivity contribution in [2.24, 2.45) is 0 Å². The van der Waals surface area contributed by atoms with Gasteiger partial charge in [-0.3, -0.25) is 9.89 Å². The summed E-state index contributed by atoms with van der Waals surface area (Å²) in [7, 11) is 0. The first-order valence-corrected chi connectivity index (χ1v) is 11.4. The topological polar surface area (TPSA) is 122 Å². The van der Waals surface area contributed by atoms with Gasteiger partial charge < -0.3 is 16.4 Å². The zero-order valence-electron chi connectivity index (χ0n) is 17.4. The number of rotatable bonds is 6. The smallest absolute Gasteiger partial charge is 0.229 e. The van der Waals surface area contributed by atoms with Gasteiger partial charge in [-0.05, 0) is 47.0 Å². The number of carbonyl (C=O) groups is 1. The predicted octanol–water partition coefficient (Wildman–Crippen LogP) is 6.06. The maximum absolute atomic E-state index is 10.0. The molecule has 1 aliphatic carbocycles. The number of carbonyl (C=O) groups excluding carboxylic acids is 1. The van der Waals surface area contributed by atoms with E-state index in [9.17, 15) is 4.79 Å². The number of H-pyrrole nitrogens is 1. The minimum Gasteiger partial charge on any atom is -0.399 e. The van der Waals surface area contributed by atoms with Gasteiger partial charge in [0.2, 0.25) is 5.95 Å². The number of nitrogens with zero attached hydrogens (tertiary/aromatic N) is 3. The summed E-state index contributed by atoms with van der Waals surface area (Å²) in [5.74, 6) is 2.33. The Balaban J connectivity index is 0.000000275. The Labute approximate surface area is 204 Å². The fourth-order valence-electron chi connectivity index (χ4n) is 2.93. The first-order chi connectivity index (χ1) is 16.0. The lowest BCUT2D eigenvalue weighted by molar-refractivity contribution is 0.112. The zero-order valence-corrected chi connectivity index (χ0v) is 19.8. The number of aromatic amines is 1. The number of anilines is 5. The lowest BCUT2D eigenvalue weighted by Crippen LogP contribution is -2.02. The molecule has 2 heterocycles. The van der Waals surface area contributed by atoms with Crippen LogP contribution in [0, 0.1) is 0 Å². The van der Waals surface area contributed by atoms with Crippen molar-refractivity contribution in [3.8, 4) is 0 Å². The molecule has 2 aromatic carbocycles. The fourth-order valence-corrected chi connectivity index (χ4v) is 3.39. The highest BCUT2D eigenvalue weighted by atomic mass is 79.9. The molecule has 33 heavy (non-hydrogen) atoms. The van der Waals surface area contributed by atoms with Crippen LogP contribution in [0.25, 0.3) is 0 Å². The molecule has 1 saturated carbocycles. The standard InChI is InChI=1S/C16H15BrClN7.C7H6O/c17-10-7-20-16(21-13-5-9(19)3-4-11(13)18)23-15(10)22-14-6-12(24-25-14)8-1-2-8;8-6-7-4-2-1-3-5-7/h3-8H,1-2,19H2,(H3,20,21,22,23,24,25);1-6H. The highest BCUT2D eigenvalue weighted by molar-refractivity contribution is 9.10. The lowest BCUT2D eigenvalue weighted by atomic mass is 10.2. The molecular formula is C23H21BrClN7O. The van der Waals surface area contributed by atoms with Crippen molar-refractivity contribution in [2.45, 2.75) is 18.8 Å². The minimum absolute atomic E-state index is 0.399. The van der Waals surface area contributed by atoms with Crippen molar-refractivity contribution in [3.63, 3.8) is 0 Å². The van der Waals surface area contributed by atoms with E-state index in [2.05, 4.69) is 46.7 Å². The molecule has 168 valence electrons. The van der Waals surface area contributed by atoms with Gasteiger partial charge in [-0.1, -0.05) is 41.9 Å². The van der Waals surface area contributed by atoms with E-state index in [1.807, 2.05) is 24.3 Å². The Morgan fingerprint density at radius 2 is 1.91 bits per heavy atom. The number of nitrogens with one attached hydrogen (secondary N) is 3. The Morgan fingerprint density at radius 1 is 1.12 bits per heavy atom. The molecule has 10 heteroatoms. The first kappa shape index (κ1) is 22.8. The van der Waals surface area contributed by atoms with Gasteiger partial charge >= 0.3 is 0 Å². The molecule has 1 aliphatic rings. The summed E-state index contributed by atoms with van der Waals surface area (Å²) in [5, 5.41) is 14.1. The quantitative estimate of drug-likeness (QED) is 0.178. The van der Waals surface area contributed by atoms with Crippen molar-refractivity contribution < 1.29 is 4.79 Å². The normalized spacial score (nSPS) is 12.4. The van der Waals surface area contributed by atoms with Gasteiger partial charge in [0.25, 0.3) is 0 Å². The van der Waals surface area contributed by atoms with E-state index in [-0.39, 0.29) is 0 Å². The number of nitrogen functional groups attached to an aromatic ring is 1. The third-order valence-corrected chi connectivity index (χ3v) is 5.69. The highest BCUT2D eigenvalue weighted by Crippen LogP contribution is 2.40. The van der Waals surface area contributed by atoms with E-state index in [1.54, 1.807) is 36.5 Å². The van der Waals surface area contributed by atoms with Crippen LogP contribution in [0.15, 0.2) is 65.3 Å². The van der Waals surface area contributed by atoms with Gasteiger partial charge in [-0.25, -0.2) is 4.98 Å². The van der Waals surface area contributed by atoms with Crippen LogP contribution in [0.4, 0.5) is 29.0 Å². The van der Waals surface area contributed by atoms with E-state index in [0.29, 0.717) is 39.9 Å². The average molecular weight is 527 g/mol. The number of hydrogen-bond donors (Lipinski definition) is 4.